The molecule has 2 nitrogen and oxygen atoms in total. The Kier molecular flexibility index (Phi) is 7.81. The molecule has 142 valence electrons. The van der Waals surface area contributed by atoms with Crippen molar-refractivity contribution in [1.82, 2.24) is 0 Å². The van der Waals surface area contributed by atoms with Gasteiger partial charge in [0.15, 0.2) is 0 Å². The first-order valence-corrected chi connectivity index (χ1v) is 9.36. The molecule has 0 aromatic heterocycles. The van der Waals surface area contributed by atoms with Crippen molar-refractivity contribution in [3.05, 3.63) is 107 Å². The average Bonchev–Trinajstić information content (AvgIpc) is 2.75. The Labute approximate surface area is 165 Å². The molecule has 0 spiro atoms. The zero-order valence-electron chi connectivity index (χ0n) is 15.7. The molecule has 0 saturated carbocycles. The molecule has 0 N–H and O–H groups in total. The molecular formula is C25H23FO2. The molecule has 3 rings (SSSR count). The highest BCUT2D eigenvalue weighted by molar-refractivity contribution is 5.36. The molecule has 0 radical (unpaired) electrons. The fourth-order valence-electron chi connectivity index (χ4n) is 2.66. The number of rotatable bonds is 8. The second kappa shape index (κ2) is 11.0. The molecule has 3 heteroatoms. The Morgan fingerprint density at radius 1 is 0.786 bits per heavy atom. The molecule has 0 aliphatic carbocycles. The van der Waals surface area contributed by atoms with Crippen molar-refractivity contribution < 1.29 is 13.9 Å². The fourth-order valence-corrected chi connectivity index (χ4v) is 2.66. The molecule has 0 heterocycles. The van der Waals surface area contributed by atoms with Crippen molar-refractivity contribution in [3.63, 3.8) is 0 Å². The summed E-state index contributed by atoms with van der Waals surface area (Å²) >= 11 is 0. The largest absolute Gasteiger partial charge is 0.377 e. The third-order valence-corrected chi connectivity index (χ3v) is 4.12. The zero-order valence-corrected chi connectivity index (χ0v) is 15.7. The van der Waals surface area contributed by atoms with Crippen LogP contribution >= 0.6 is 0 Å². The number of hydrogen-bond donors (Lipinski definition) is 0. The molecule has 0 aliphatic heterocycles. The van der Waals surface area contributed by atoms with E-state index < -0.39 is 6.10 Å². The normalized spacial score (nSPS) is 11.5. The van der Waals surface area contributed by atoms with Crippen LogP contribution in [0, 0.1) is 17.7 Å². The lowest BCUT2D eigenvalue weighted by molar-refractivity contribution is 0.0548. The second-order valence-electron chi connectivity index (χ2n) is 6.33. The van der Waals surface area contributed by atoms with E-state index in [1.807, 2.05) is 60.7 Å². The Balaban J connectivity index is 1.52. The monoisotopic (exact) mass is 374 g/mol. The highest BCUT2D eigenvalue weighted by atomic mass is 19.1. The van der Waals surface area contributed by atoms with E-state index in [1.165, 1.54) is 12.1 Å². The van der Waals surface area contributed by atoms with Gasteiger partial charge in [0.2, 0.25) is 0 Å². The van der Waals surface area contributed by atoms with Crippen LogP contribution in [0.3, 0.4) is 0 Å². The minimum atomic E-state index is -0.407. The van der Waals surface area contributed by atoms with Crippen LogP contribution in [0.5, 0.6) is 0 Å². The van der Waals surface area contributed by atoms with E-state index >= 15 is 0 Å². The Hall–Kier alpha value is -2.93. The maximum absolute atomic E-state index is 13.2. The smallest absolute Gasteiger partial charge is 0.143 e. The third-order valence-electron chi connectivity index (χ3n) is 4.12. The van der Waals surface area contributed by atoms with Crippen LogP contribution in [0.2, 0.25) is 0 Å². The standard InChI is InChI=1S/C25H23FO2/c26-24-15-13-23(14-16-24)25(17-12-21-8-3-1-4-9-21)28-19-7-18-27-20-22-10-5-2-6-11-22/h1-6,8-11,13-16,25H,7,18-20H2. The Morgan fingerprint density at radius 2 is 1.46 bits per heavy atom. The van der Waals surface area contributed by atoms with Crippen molar-refractivity contribution >= 4 is 0 Å². The van der Waals surface area contributed by atoms with Gasteiger partial charge >= 0.3 is 0 Å². The molecule has 3 aromatic rings. The number of hydrogen-bond acceptors (Lipinski definition) is 2. The maximum atomic E-state index is 13.2. The Morgan fingerprint density at radius 3 is 2.18 bits per heavy atom. The van der Waals surface area contributed by atoms with E-state index in [9.17, 15) is 4.39 Å². The van der Waals surface area contributed by atoms with Gasteiger partial charge in [-0.2, -0.15) is 0 Å². The van der Waals surface area contributed by atoms with Crippen molar-refractivity contribution in [2.75, 3.05) is 13.2 Å². The van der Waals surface area contributed by atoms with Crippen molar-refractivity contribution in [2.24, 2.45) is 0 Å². The average molecular weight is 374 g/mol. The minimum absolute atomic E-state index is 0.271. The SMILES string of the molecule is Fc1ccc(C(C#Cc2ccccc2)OCCCOCc2ccccc2)cc1. The van der Waals surface area contributed by atoms with Crippen molar-refractivity contribution in [2.45, 2.75) is 19.1 Å². The van der Waals surface area contributed by atoms with Crippen LogP contribution in [0.4, 0.5) is 4.39 Å². The summed E-state index contributed by atoms with van der Waals surface area (Å²) in [5.41, 5.74) is 2.92. The lowest BCUT2D eigenvalue weighted by Crippen LogP contribution is -2.06. The van der Waals surface area contributed by atoms with Gasteiger partial charge in [-0.05, 0) is 41.8 Å². The molecule has 0 saturated heterocycles. The lowest BCUT2D eigenvalue weighted by atomic mass is 10.1. The van der Waals surface area contributed by atoms with E-state index in [2.05, 4.69) is 11.8 Å². The number of benzene rings is 3. The van der Waals surface area contributed by atoms with Crippen LogP contribution in [-0.2, 0) is 16.1 Å². The van der Waals surface area contributed by atoms with Crippen LogP contribution in [0.1, 0.15) is 29.2 Å². The van der Waals surface area contributed by atoms with Gasteiger partial charge in [0, 0.05) is 12.2 Å². The van der Waals surface area contributed by atoms with Gasteiger partial charge in [0.25, 0.3) is 0 Å². The molecule has 1 atom stereocenters. The van der Waals surface area contributed by atoms with Crippen LogP contribution in [0.15, 0.2) is 84.9 Å². The van der Waals surface area contributed by atoms with Gasteiger partial charge in [-0.25, -0.2) is 4.39 Å². The van der Waals surface area contributed by atoms with Gasteiger partial charge in [0.05, 0.1) is 13.2 Å². The molecule has 0 bridgehead atoms. The summed E-state index contributed by atoms with van der Waals surface area (Å²) in [6, 6.07) is 26.1. The minimum Gasteiger partial charge on any atom is -0.377 e. The summed E-state index contributed by atoms with van der Waals surface area (Å²) in [6.07, 6.45) is 0.354. The fraction of sp³-hybridized carbons (Fsp3) is 0.200. The summed E-state index contributed by atoms with van der Waals surface area (Å²) in [5, 5.41) is 0. The van der Waals surface area contributed by atoms with Crippen molar-refractivity contribution in [3.8, 4) is 11.8 Å². The van der Waals surface area contributed by atoms with Crippen LogP contribution in [-0.4, -0.2) is 13.2 Å². The predicted octanol–water partition coefficient (Wildman–Crippen LogP) is 5.54. The predicted molar refractivity (Wildman–Crippen MR) is 109 cm³/mol. The Bertz CT molecular complexity index is 881. The molecule has 28 heavy (non-hydrogen) atoms. The molecule has 1 unspecified atom stereocenters. The van der Waals surface area contributed by atoms with E-state index in [-0.39, 0.29) is 5.82 Å². The zero-order chi connectivity index (χ0) is 19.4. The summed E-state index contributed by atoms with van der Waals surface area (Å²) in [4.78, 5) is 0. The quantitative estimate of drug-likeness (QED) is 0.381. The van der Waals surface area contributed by atoms with Crippen LogP contribution in [0.25, 0.3) is 0 Å². The van der Waals surface area contributed by atoms with Gasteiger partial charge < -0.3 is 9.47 Å². The highest BCUT2D eigenvalue weighted by Crippen LogP contribution is 2.18. The summed E-state index contributed by atoms with van der Waals surface area (Å²) in [7, 11) is 0. The van der Waals surface area contributed by atoms with Gasteiger partial charge in [-0.3, -0.25) is 0 Å². The number of ether oxygens (including phenoxy) is 2. The third kappa shape index (κ3) is 6.66. The lowest BCUT2D eigenvalue weighted by Gasteiger charge is -2.13. The highest BCUT2D eigenvalue weighted by Gasteiger charge is 2.09. The first-order valence-electron chi connectivity index (χ1n) is 9.36. The topological polar surface area (TPSA) is 18.5 Å². The molecule has 0 amide bonds. The number of halogens is 1. The summed E-state index contributed by atoms with van der Waals surface area (Å²) in [6.45, 7) is 1.72. The van der Waals surface area contributed by atoms with Gasteiger partial charge in [0.1, 0.15) is 11.9 Å². The van der Waals surface area contributed by atoms with E-state index in [0.29, 0.717) is 19.8 Å². The summed E-state index contributed by atoms with van der Waals surface area (Å²) < 4.78 is 24.9. The van der Waals surface area contributed by atoms with Crippen molar-refractivity contribution in [1.29, 1.82) is 0 Å². The molecule has 0 aliphatic rings. The van der Waals surface area contributed by atoms with E-state index in [1.54, 1.807) is 12.1 Å². The van der Waals surface area contributed by atoms with E-state index in [4.69, 9.17) is 9.47 Å². The molecule has 3 aromatic carbocycles. The molecule has 0 fully saturated rings. The molecular weight excluding hydrogens is 351 g/mol. The second-order valence-corrected chi connectivity index (χ2v) is 6.33. The first kappa shape index (κ1) is 19.8. The summed E-state index contributed by atoms with van der Waals surface area (Å²) in [5.74, 6) is 6.01. The van der Waals surface area contributed by atoms with E-state index in [0.717, 1.165) is 23.1 Å². The van der Waals surface area contributed by atoms with Gasteiger partial charge in [-0.1, -0.05) is 72.5 Å². The first-order chi connectivity index (χ1) is 13.8. The van der Waals surface area contributed by atoms with Gasteiger partial charge in [-0.15, -0.1) is 0 Å². The maximum Gasteiger partial charge on any atom is 0.143 e. The van der Waals surface area contributed by atoms with Crippen LogP contribution < -0.4 is 0 Å².